The van der Waals surface area contributed by atoms with Crippen molar-refractivity contribution >= 4 is 21.7 Å². The molecule has 8 heteroatoms. The fourth-order valence-corrected chi connectivity index (χ4v) is 6.36. The molecular formula is C24H25NO6S. The van der Waals surface area contributed by atoms with Crippen LogP contribution in [-0.4, -0.2) is 45.2 Å². The third kappa shape index (κ3) is 3.62. The average Bonchev–Trinajstić information content (AvgIpc) is 3.39. The molecular weight excluding hydrogens is 430 g/mol. The summed E-state index contributed by atoms with van der Waals surface area (Å²) in [6.07, 6.45) is 2.69. The molecule has 1 spiro atoms. The van der Waals surface area contributed by atoms with Gasteiger partial charge in [-0.2, -0.15) is 0 Å². The van der Waals surface area contributed by atoms with Crippen LogP contribution in [0.4, 0.5) is 5.69 Å². The van der Waals surface area contributed by atoms with Crippen LogP contribution in [0.15, 0.2) is 54.1 Å². The van der Waals surface area contributed by atoms with E-state index in [9.17, 15) is 13.2 Å². The summed E-state index contributed by atoms with van der Waals surface area (Å²) in [7, 11) is -3.93. The molecule has 2 aliphatic carbocycles. The van der Waals surface area contributed by atoms with Gasteiger partial charge in [-0.15, -0.1) is 0 Å². The molecule has 0 saturated carbocycles. The van der Waals surface area contributed by atoms with Gasteiger partial charge in [0.15, 0.2) is 5.79 Å². The van der Waals surface area contributed by atoms with E-state index in [2.05, 4.69) is 10.8 Å². The molecule has 1 heterocycles. The van der Waals surface area contributed by atoms with Crippen LogP contribution in [0.2, 0.25) is 0 Å². The third-order valence-electron chi connectivity index (χ3n) is 6.24. The maximum atomic E-state index is 13.5. The second-order valence-corrected chi connectivity index (χ2v) is 10.0. The molecule has 3 aliphatic rings. The molecule has 5 rings (SSSR count). The Balaban J connectivity index is 1.48. The zero-order valence-electron chi connectivity index (χ0n) is 17.8. The Morgan fingerprint density at radius 1 is 1.12 bits per heavy atom. The van der Waals surface area contributed by atoms with Crippen LogP contribution in [0.25, 0.3) is 11.1 Å². The van der Waals surface area contributed by atoms with Crippen molar-refractivity contribution in [2.24, 2.45) is 0 Å². The molecule has 0 bridgehead atoms. The van der Waals surface area contributed by atoms with Crippen molar-refractivity contribution in [2.75, 3.05) is 24.5 Å². The predicted octanol–water partition coefficient (Wildman–Crippen LogP) is 3.39. The van der Waals surface area contributed by atoms with Crippen molar-refractivity contribution in [3.8, 4) is 11.1 Å². The van der Waals surface area contributed by atoms with Crippen molar-refractivity contribution in [2.45, 2.75) is 37.2 Å². The van der Waals surface area contributed by atoms with Gasteiger partial charge in [0.2, 0.25) is 10.0 Å². The lowest BCUT2D eigenvalue weighted by Crippen LogP contribution is -2.42. The predicted molar refractivity (Wildman–Crippen MR) is 120 cm³/mol. The second kappa shape index (κ2) is 8.03. The minimum Gasteiger partial charge on any atom is -0.463 e. The van der Waals surface area contributed by atoms with Crippen LogP contribution < -0.4 is 4.72 Å². The van der Waals surface area contributed by atoms with E-state index in [4.69, 9.17) is 14.2 Å². The van der Waals surface area contributed by atoms with E-state index in [0.29, 0.717) is 31.7 Å². The van der Waals surface area contributed by atoms with Gasteiger partial charge in [0.1, 0.15) is 5.25 Å². The third-order valence-corrected chi connectivity index (χ3v) is 7.99. The molecule has 2 aromatic rings. The molecule has 2 aromatic carbocycles. The number of sulfonamides is 1. The smallest absolute Gasteiger partial charge is 0.335 e. The topological polar surface area (TPSA) is 90.9 Å². The number of benzene rings is 2. The number of carbonyl (C=O) groups excluding carboxylic acids is 1. The Morgan fingerprint density at radius 2 is 1.88 bits per heavy atom. The highest BCUT2D eigenvalue weighted by Gasteiger charge is 2.46. The number of esters is 1. The molecule has 0 aromatic heterocycles. The van der Waals surface area contributed by atoms with Crippen molar-refractivity contribution in [1.29, 1.82) is 0 Å². The Kier molecular flexibility index (Phi) is 5.31. The maximum Gasteiger partial charge on any atom is 0.335 e. The first-order valence-corrected chi connectivity index (χ1v) is 12.4. The van der Waals surface area contributed by atoms with E-state index < -0.39 is 27.0 Å². The van der Waals surface area contributed by atoms with Gasteiger partial charge in [-0.25, -0.2) is 13.2 Å². The normalized spacial score (nSPS) is 21.0. The molecule has 1 unspecified atom stereocenters. The summed E-state index contributed by atoms with van der Waals surface area (Å²) in [6.45, 7) is 2.64. The number of ether oxygens (including phenoxy) is 3. The highest BCUT2D eigenvalue weighted by Crippen LogP contribution is 2.42. The summed E-state index contributed by atoms with van der Waals surface area (Å²) in [5.74, 6) is -1.71. The number of hydrogen-bond acceptors (Lipinski definition) is 6. The highest BCUT2D eigenvalue weighted by molar-refractivity contribution is 7.93. The zero-order chi connectivity index (χ0) is 22.3. The fraction of sp³-hybridized carbons (Fsp3) is 0.375. The van der Waals surface area contributed by atoms with Gasteiger partial charge < -0.3 is 14.2 Å². The molecule has 32 heavy (non-hydrogen) atoms. The van der Waals surface area contributed by atoms with Gasteiger partial charge in [0.05, 0.1) is 31.1 Å². The van der Waals surface area contributed by atoms with Crippen LogP contribution >= 0.6 is 0 Å². The van der Waals surface area contributed by atoms with Gasteiger partial charge in [-0.05, 0) is 47.7 Å². The van der Waals surface area contributed by atoms with E-state index in [0.717, 1.165) is 22.3 Å². The van der Waals surface area contributed by atoms with E-state index in [1.165, 1.54) is 6.08 Å². The van der Waals surface area contributed by atoms with E-state index >= 15 is 0 Å². The number of carbonyl (C=O) groups is 1. The first-order valence-electron chi connectivity index (χ1n) is 10.8. The van der Waals surface area contributed by atoms with Crippen LogP contribution in [-0.2, 0) is 35.4 Å². The summed E-state index contributed by atoms with van der Waals surface area (Å²) in [5, 5.41) is -1.06. The first kappa shape index (κ1) is 21.2. The molecule has 0 amide bonds. The van der Waals surface area contributed by atoms with Crippen molar-refractivity contribution in [3.63, 3.8) is 0 Å². The Hall–Kier alpha value is -2.68. The van der Waals surface area contributed by atoms with Crippen LogP contribution in [0.1, 0.15) is 30.9 Å². The maximum absolute atomic E-state index is 13.5. The quantitative estimate of drug-likeness (QED) is 0.593. The summed E-state index contributed by atoms with van der Waals surface area (Å²) >= 11 is 0. The number of hydrogen-bond donors (Lipinski definition) is 1. The number of anilines is 1. The monoisotopic (exact) mass is 455 g/mol. The Morgan fingerprint density at radius 3 is 2.66 bits per heavy atom. The molecule has 1 fully saturated rings. The van der Waals surface area contributed by atoms with Gasteiger partial charge in [-0.1, -0.05) is 36.4 Å². The molecule has 0 radical (unpaired) electrons. The number of rotatable bonds is 5. The van der Waals surface area contributed by atoms with E-state index in [1.807, 2.05) is 30.3 Å². The molecule has 1 atom stereocenters. The Bertz CT molecular complexity index is 1200. The molecule has 168 valence electrons. The second-order valence-electron chi connectivity index (χ2n) is 8.17. The van der Waals surface area contributed by atoms with Crippen LogP contribution in [0, 0.1) is 0 Å². The summed E-state index contributed by atoms with van der Waals surface area (Å²) in [5.41, 5.74) is 4.84. The summed E-state index contributed by atoms with van der Waals surface area (Å²) < 4.78 is 46.3. The number of nitrogens with one attached hydrogen (secondary N) is 1. The van der Waals surface area contributed by atoms with Crippen LogP contribution in [0.3, 0.4) is 0 Å². The van der Waals surface area contributed by atoms with E-state index in [1.54, 1.807) is 13.0 Å². The molecule has 1 aliphatic heterocycles. The highest BCUT2D eigenvalue weighted by atomic mass is 32.2. The summed E-state index contributed by atoms with van der Waals surface area (Å²) in [6, 6.07) is 13.7. The van der Waals surface area contributed by atoms with Crippen LogP contribution in [0.5, 0.6) is 0 Å². The zero-order valence-corrected chi connectivity index (χ0v) is 18.6. The molecule has 1 N–H and O–H groups in total. The standard InChI is InChI=1S/C24H25NO6S/c1-2-29-23(26)20-15-24(30-12-13-31-24)11-10-22(20)32(27,28)25-21-9-5-8-18-17-7-4-3-6-16(17)14-19(18)21/h3-9,15,22,25H,2,10-14H2,1H3. The average molecular weight is 456 g/mol. The number of fused-ring (bicyclic) bond motifs is 3. The van der Waals surface area contributed by atoms with Gasteiger partial charge in [0.25, 0.3) is 0 Å². The minimum atomic E-state index is -3.93. The lowest BCUT2D eigenvalue weighted by molar-refractivity contribution is -0.143. The lowest BCUT2D eigenvalue weighted by atomic mass is 9.94. The minimum absolute atomic E-state index is 0.0587. The lowest BCUT2D eigenvalue weighted by Gasteiger charge is -2.33. The van der Waals surface area contributed by atoms with Gasteiger partial charge in [0, 0.05) is 12.8 Å². The largest absolute Gasteiger partial charge is 0.463 e. The van der Waals surface area contributed by atoms with Crippen molar-refractivity contribution in [3.05, 3.63) is 65.2 Å². The first-order chi connectivity index (χ1) is 15.4. The summed E-state index contributed by atoms with van der Waals surface area (Å²) in [4.78, 5) is 12.7. The van der Waals surface area contributed by atoms with Gasteiger partial charge in [-0.3, -0.25) is 4.72 Å². The Labute approximate surface area is 187 Å². The molecule has 1 saturated heterocycles. The van der Waals surface area contributed by atoms with Gasteiger partial charge >= 0.3 is 5.97 Å². The van der Waals surface area contributed by atoms with Crippen molar-refractivity contribution < 1.29 is 27.4 Å². The molecule has 7 nitrogen and oxygen atoms in total. The van der Waals surface area contributed by atoms with E-state index in [-0.39, 0.29) is 18.6 Å². The van der Waals surface area contributed by atoms with Crippen molar-refractivity contribution in [1.82, 2.24) is 0 Å². The fourth-order valence-electron chi connectivity index (χ4n) is 4.79. The SMILES string of the molecule is CCOC(=O)C1=CC2(CCC1S(=O)(=O)Nc1cccc3c1Cc1ccccc1-3)OCCO2.